The second kappa shape index (κ2) is 11.3. The van der Waals surface area contributed by atoms with Crippen molar-refractivity contribution in [2.45, 2.75) is 32.7 Å². The minimum absolute atomic E-state index is 0.290. The lowest BCUT2D eigenvalue weighted by Crippen LogP contribution is -2.48. The highest BCUT2D eigenvalue weighted by molar-refractivity contribution is 6.39. The van der Waals surface area contributed by atoms with Gasteiger partial charge in [0.1, 0.15) is 0 Å². The van der Waals surface area contributed by atoms with Crippen molar-refractivity contribution in [3.05, 3.63) is 69.3 Å². The lowest BCUT2D eigenvalue weighted by Gasteiger charge is -2.35. The summed E-state index contributed by atoms with van der Waals surface area (Å²) in [7, 11) is 1.30. The summed E-state index contributed by atoms with van der Waals surface area (Å²) in [5.41, 5.74) is 2.22. The van der Waals surface area contributed by atoms with E-state index in [4.69, 9.17) is 27.9 Å². The third-order valence-electron chi connectivity index (χ3n) is 5.42. The van der Waals surface area contributed by atoms with E-state index in [1.807, 2.05) is 6.92 Å². The van der Waals surface area contributed by atoms with Crippen molar-refractivity contribution in [1.29, 1.82) is 0 Å². The number of carbonyl (C=O) groups excluding carboxylic acids is 3. The molecular weight excluding hydrogens is 479 g/mol. The zero-order valence-corrected chi connectivity index (χ0v) is 20.6. The number of ether oxygens (including phenoxy) is 1. The maximum atomic E-state index is 12.8. The molecule has 0 radical (unpaired) electrons. The quantitative estimate of drug-likeness (QED) is 0.405. The van der Waals surface area contributed by atoms with Crippen LogP contribution in [0.15, 0.2) is 53.7 Å². The topological polar surface area (TPSA) is 99.8 Å². The number of unbranched alkanes of at least 4 members (excludes halogenated alkanes) is 1. The van der Waals surface area contributed by atoms with Gasteiger partial charge in [-0.05, 0) is 43.2 Å². The van der Waals surface area contributed by atoms with E-state index in [0.29, 0.717) is 39.1 Å². The summed E-state index contributed by atoms with van der Waals surface area (Å²) in [6, 6.07) is 10.2. The minimum atomic E-state index is -0.736. The normalized spacial score (nSPS) is 15.6. The lowest BCUT2D eigenvalue weighted by molar-refractivity contribution is -0.136. The molecule has 0 spiro atoms. The number of benzene rings is 2. The smallest absolute Gasteiger partial charge is 0.337 e. The van der Waals surface area contributed by atoms with Crippen LogP contribution in [0, 0.1) is 0 Å². The van der Waals surface area contributed by atoms with Crippen molar-refractivity contribution in [1.82, 2.24) is 10.2 Å². The van der Waals surface area contributed by atoms with Crippen LogP contribution < -0.4 is 16.0 Å². The van der Waals surface area contributed by atoms with Crippen molar-refractivity contribution < 1.29 is 19.1 Å². The van der Waals surface area contributed by atoms with Crippen LogP contribution in [0.25, 0.3) is 0 Å². The molecule has 4 amide bonds. The van der Waals surface area contributed by atoms with Crippen LogP contribution in [-0.4, -0.2) is 36.6 Å². The molecule has 2 aromatic carbocycles. The van der Waals surface area contributed by atoms with Crippen LogP contribution in [-0.2, 0) is 9.53 Å². The monoisotopic (exact) mass is 504 g/mol. The number of esters is 1. The number of para-hydroxylation sites is 1. The summed E-state index contributed by atoms with van der Waals surface area (Å²) in [6.45, 7) is 4.25. The van der Waals surface area contributed by atoms with E-state index in [0.717, 1.165) is 12.8 Å². The number of rotatable bonds is 7. The SMILES string of the molecule is CCCCN1C(=O)NC(c2cccc(NC(=O)Nc3c(Cl)cccc3Cl)c2)C(C(=O)OC)=C1C. The van der Waals surface area contributed by atoms with Gasteiger partial charge in [0.15, 0.2) is 0 Å². The molecule has 1 aliphatic heterocycles. The number of nitrogens with one attached hydrogen (secondary N) is 3. The zero-order chi connectivity index (χ0) is 24.8. The highest BCUT2D eigenvalue weighted by Gasteiger charge is 2.36. The maximum absolute atomic E-state index is 12.8. The van der Waals surface area contributed by atoms with Crippen molar-refractivity contribution in [3.8, 4) is 0 Å². The first-order valence-corrected chi connectivity index (χ1v) is 11.5. The summed E-state index contributed by atoms with van der Waals surface area (Å²) < 4.78 is 5.00. The van der Waals surface area contributed by atoms with Crippen LogP contribution in [0.3, 0.4) is 0 Å². The molecule has 1 heterocycles. The predicted octanol–water partition coefficient (Wildman–Crippen LogP) is 5.95. The van der Waals surface area contributed by atoms with Crippen molar-refractivity contribution >= 4 is 52.6 Å². The number of anilines is 2. The average molecular weight is 505 g/mol. The van der Waals surface area contributed by atoms with Gasteiger partial charge in [-0.1, -0.05) is 54.7 Å². The van der Waals surface area contributed by atoms with Gasteiger partial charge >= 0.3 is 18.0 Å². The van der Waals surface area contributed by atoms with Gasteiger partial charge in [-0.3, -0.25) is 4.90 Å². The molecule has 0 saturated heterocycles. The molecular formula is C24H26Cl2N4O4. The number of amides is 4. The number of halogens is 2. The van der Waals surface area contributed by atoms with Gasteiger partial charge in [-0.2, -0.15) is 0 Å². The molecule has 1 unspecified atom stereocenters. The molecule has 3 N–H and O–H groups in total. The Hall–Kier alpha value is -3.23. The molecule has 3 rings (SSSR count). The number of urea groups is 2. The molecule has 0 fully saturated rings. The Kier molecular flexibility index (Phi) is 8.41. The van der Waals surface area contributed by atoms with E-state index in [1.165, 1.54) is 7.11 Å². The van der Waals surface area contributed by atoms with Crippen LogP contribution in [0.2, 0.25) is 10.0 Å². The number of methoxy groups -OCH3 is 1. The van der Waals surface area contributed by atoms with Crippen molar-refractivity contribution in [3.63, 3.8) is 0 Å². The Labute approximate surface area is 208 Å². The average Bonchev–Trinajstić information content (AvgIpc) is 2.81. The van der Waals surface area contributed by atoms with Gasteiger partial charge < -0.3 is 20.7 Å². The highest BCUT2D eigenvalue weighted by atomic mass is 35.5. The van der Waals surface area contributed by atoms with Crippen molar-refractivity contribution in [2.75, 3.05) is 24.3 Å². The van der Waals surface area contributed by atoms with E-state index in [2.05, 4.69) is 16.0 Å². The van der Waals surface area contributed by atoms with Gasteiger partial charge in [0.2, 0.25) is 0 Å². The van der Waals surface area contributed by atoms with E-state index in [1.54, 1.807) is 54.3 Å². The van der Waals surface area contributed by atoms with Crippen LogP contribution in [0.1, 0.15) is 38.3 Å². The number of nitrogens with zero attached hydrogens (tertiary/aromatic N) is 1. The fraction of sp³-hybridized carbons (Fsp3) is 0.292. The first-order valence-electron chi connectivity index (χ1n) is 10.8. The highest BCUT2D eigenvalue weighted by Crippen LogP contribution is 2.33. The summed E-state index contributed by atoms with van der Waals surface area (Å²) in [5, 5.41) is 8.84. The van der Waals surface area contributed by atoms with Gasteiger partial charge in [-0.15, -0.1) is 0 Å². The molecule has 0 aliphatic carbocycles. The maximum Gasteiger partial charge on any atom is 0.337 e. The van der Waals surface area contributed by atoms with E-state index >= 15 is 0 Å². The lowest BCUT2D eigenvalue weighted by atomic mass is 9.94. The first-order chi connectivity index (χ1) is 16.3. The van der Waals surface area contributed by atoms with Gasteiger partial charge in [0.05, 0.1) is 34.5 Å². The number of hydrogen-bond donors (Lipinski definition) is 3. The van der Waals surface area contributed by atoms with E-state index in [-0.39, 0.29) is 11.7 Å². The molecule has 34 heavy (non-hydrogen) atoms. The summed E-state index contributed by atoms with van der Waals surface area (Å²) in [4.78, 5) is 39.5. The molecule has 0 saturated carbocycles. The molecule has 10 heteroatoms. The summed E-state index contributed by atoms with van der Waals surface area (Å²) in [6.07, 6.45) is 1.71. The number of carbonyl (C=O) groups is 3. The molecule has 1 atom stereocenters. The first kappa shape index (κ1) is 25.4. The van der Waals surface area contributed by atoms with Crippen LogP contribution in [0.5, 0.6) is 0 Å². The third-order valence-corrected chi connectivity index (χ3v) is 6.05. The summed E-state index contributed by atoms with van der Waals surface area (Å²) >= 11 is 12.2. The molecule has 8 nitrogen and oxygen atoms in total. The van der Waals surface area contributed by atoms with E-state index in [9.17, 15) is 14.4 Å². The fourth-order valence-corrected chi connectivity index (χ4v) is 4.17. The molecule has 2 aromatic rings. The molecule has 1 aliphatic rings. The zero-order valence-electron chi connectivity index (χ0n) is 19.1. The van der Waals surface area contributed by atoms with E-state index < -0.39 is 18.0 Å². The van der Waals surface area contributed by atoms with Crippen LogP contribution in [0.4, 0.5) is 21.0 Å². The Balaban J connectivity index is 1.87. The predicted molar refractivity (Wildman–Crippen MR) is 133 cm³/mol. The minimum Gasteiger partial charge on any atom is -0.466 e. The van der Waals surface area contributed by atoms with Crippen LogP contribution >= 0.6 is 23.2 Å². The summed E-state index contributed by atoms with van der Waals surface area (Å²) in [5.74, 6) is -0.534. The Morgan fingerprint density at radius 3 is 2.44 bits per heavy atom. The Morgan fingerprint density at radius 1 is 1.12 bits per heavy atom. The molecule has 180 valence electrons. The molecule has 0 aromatic heterocycles. The van der Waals surface area contributed by atoms with Crippen molar-refractivity contribution in [2.24, 2.45) is 0 Å². The standard InChI is InChI=1S/C24H26Cl2N4O4/c1-4-5-12-30-14(2)19(22(31)34-3)20(29-24(30)33)15-8-6-9-16(13-15)27-23(32)28-21-17(25)10-7-11-18(21)26/h6-11,13,20H,4-5,12H2,1-3H3,(H,29,33)(H2,27,28,32). The third kappa shape index (κ3) is 5.63. The largest absolute Gasteiger partial charge is 0.466 e. The second-order valence-corrected chi connectivity index (χ2v) is 8.49. The Morgan fingerprint density at radius 2 is 1.79 bits per heavy atom. The number of hydrogen-bond acceptors (Lipinski definition) is 4. The van der Waals surface area contributed by atoms with Gasteiger partial charge in [-0.25, -0.2) is 14.4 Å². The number of allylic oxidation sites excluding steroid dienone is 1. The fourth-order valence-electron chi connectivity index (χ4n) is 3.68. The second-order valence-electron chi connectivity index (χ2n) is 7.68. The molecule has 0 bridgehead atoms. The Bertz CT molecular complexity index is 1120. The van der Waals surface area contributed by atoms with Gasteiger partial charge in [0.25, 0.3) is 0 Å². The van der Waals surface area contributed by atoms with Gasteiger partial charge in [0, 0.05) is 17.9 Å².